The highest BCUT2D eigenvalue weighted by atomic mass is 16.6. The summed E-state index contributed by atoms with van der Waals surface area (Å²) in [5.41, 5.74) is 5.19. The van der Waals surface area contributed by atoms with Crippen molar-refractivity contribution in [2.75, 3.05) is 26.0 Å². The van der Waals surface area contributed by atoms with Gasteiger partial charge in [0.25, 0.3) is 5.91 Å². The van der Waals surface area contributed by atoms with Crippen LogP contribution in [0, 0.1) is 0 Å². The summed E-state index contributed by atoms with van der Waals surface area (Å²) in [6.45, 7) is 0.172. The molecule has 1 aromatic heterocycles. The number of ether oxygens (including phenoxy) is 1. The number of anilines is 1. The number of methoxy groups -OCH3 is 1. The number of aliphatic hydroxyl groups excluding tert-OH is 1. The largest absolute Gasteiger partial charge is 0.389 e. The highest BCUT2D eigenvalue weighted by Crippen LogP contribution is 2.02. The number of nitrogens with two attached hydrogens (primary N) is 1. The zero-order valence-electron chi connectivity index (χ0n) is 8.14. The van der Waals surface area contributed by atoms with Crippen LogP contribution in [0.1, 0.15) is 10.5 Å². The molecule has 1 amide bonds. The molecular formula is C7H12N4O4. The zero-order valence-corrected chi connectivity index (χ0v) is 8.14. The Hall–Kier alpha value is -1.67. The first kappa shape index (κ1) is 11.4. The Bertz CT molecular complexity index is 327. The molecule has 8 heteroatoms. The van der Waals surface area contributed by atoms with Crippen molar-refractivity contribution < 1.29 is 19.3 Å². The maximum atomic E-state index is 11.3. The van der Waals surface area contributed by atoms with Gasteiger partial charge in [0.2, 0.25) is 11.5 Å². The predicted octanol–water partition coefficient (Wildman–Crippen LogP) is -1.61. The molecule has 15 heavy (non-hydrogen) atoms. The van der Waals surface area contributed by atoms with Gasteiger partial charge in [0.1, 0.15) is 0 Å². The number of nitrogens with zero attached hydrogens (tertiary/aromatic N) is 2. The van der Waals surface area contributed by atoms with Crippen molar-refractivity contribution in [3.63, 3.8) is 0 Å². The average Bonchev–Trinajstić information content (AvgIpc) is 2.61. The van der Waals surface area contributed by atoms with Gasteiger partial charge in [-0.15, -0.1) is 0 Å². The molecule has 1 unspecified atom stereocenters. The van der Waals surface area contributed by atoms with Crippen molar-refractivity contribution in [1.82, 2.24) is 15.6 Å². The van der Waals surface area contributed by atoms with Gasteiger partial charge in [-0.3, -0.25) is 4.79 Å². The maximum absolute atomic E-state index is 11.3. The first-order valence-corrected chi connectivity index (χ1v) is 4.18. The van der Waals surface area contributed by atoms with E-state index in [9.17, 15) is 9.90 Å². The summed E-state index contributed by atoms with van der Waals surface area (Å²) in [7, 11) is 1.45. The van der Waals surface area contributed by atoms with E-state index in [1.165, 1.54) is 7.11 Å². The van der Waals surface area contributed by atoms with Crippen LogP contribution in [-0.4, -0.2) is 47.7 Å². The molecule has 1 rings (SSSR count). The molecule has 8 nitrogen and oxygen atoms in total. The molecule has 0 fully saturated rings. The Morgan fingerprint density at radius 3 is 3.00 bits per heavy atom. The molecule has 1 atom stereocenters. The third-order valence-corrected chi connectivity index (χ3v) is 1.59. The predicted molar refractivity (Wildman–Crippen MR) is 48.9 cm³/mol. The topological polar surface area (TPSA) is 124 Å². The summed E-state index contributed by atoms with van der Waals surface area (Å²) < 4.78 is 8.93. The molecule has 84 valence electrons. The maximum Gasteiger partial charge on any atom is 0.277 e. The fourth-order valence-corrected chi connectivity index (χ4v) is 0.899. The Kier molecular flexibility index (Phi) is 4.01. The molecular weight excluding hydrogens is 204 g/mol. The first-order valence-electron chi connectivity index (χ1n) is 4.18. The molecule has 1 heterocycles. The van der Waals surface area contributed by atoms with Gasteiger partial charge in [0.15, 0.2) is 0 Å². The number of hydrogen-bond acceptors (Lipinski definition) is 7. The Morgan fingerprint density at radius 1 is 1.73 bits per heavy atom. The van der Waals surface area contributed by atoms with Crippen LogP contribution >= 0.6 is 0 Å². The van der Waals surface area contributed by atoms with Crippen LogP contribution in [0.2, 0.25) is 0 Å². The summed E-state index contributed by atoms with van der Waals surface area (Å²) in [6.07, 6.45) is -0.778. The van der Waals surface area contributed by atoms with Crippen LogP contribution in [0.5, 0.6) is 0 Å². The number of rotatable bonds is 5. The fourth-order valence-electron chi connectivity index (χ4n) is 0.899. The number of aliphatic hydroxyl groups is 1. The molecule has 4 N–H and O–H groups in total. The molecule has 0 aliphatic rings. The zero-order chi connectivity index (χ0) is 11.3. The summed E-state index contributed by atoms with van der Waals surface area (Å²) >= 11 is 0. The van der Waals surface area contributed by atoms with Crippen molar-refractivity contribution in [2.45, 2.75) is 6.10 Å². The van der Waals surface area contributed by atoms with Crippen molar-refractivity contribution >= 4 is 11.7 Å². The van der Waals surface area contributed by atoms with E-state index >= 15 is 0 Å². The van der Waals surface area contributed by atoms with Gasteiger partial charge in [-0.2, -0.15) is 0 Å². The molecule has 0 aliphatic heterocycles. The molecule has 0 aliphatic carbocycles. The molecule has 0 saturated heterocycles. The molecule has 0 spiro atoms. The highest BCUT2D eigenvalue weighted by Gasteiger charge is 2.16. The smallest absolute Gasteiger partial charge is 0.277 e. The minimum Gasteiger partial charge on any atom is -0.389 e. The molecule has 0 aromatic carbocycles. The van der Waals surface area contributed by atoms with Gasteiger partial charge in [-0.25, -0.2) is 4.63 Å². The van der Waals surface area contributed by atoms with Crippen LogP contribution in [0.3, 0.4) is 0 Å². The van der Waals surface area contributed by atoms with Crippen molar-refractivity contribution in [3.05, 3.63) is 5.69 Å². The van der Waals surface area contributed by atoms with Crippen LogP contribution in [0.4, 0.5) is 5.82 Å². The van der Waals surface area contributed by atoms with E-state index in [0.29, 0.717) is 0 Å². The lowest BCUT2D eigenvalue weighted by atomic mass is 10.3. The summed E-state index contributed by atoms with van der Waals surface area (Å²) in [6, 6.07) is 0. The fraction of sp³-hybridized carbons (Fsp3) is 0.571. The van der Waals surface area contributed by atoms with Crippen molar-refractivity contribution in [1.29, 1.82) is 0 Å². The van der Waals surface area contributed by atoms with E-state index in [1.54, 1.807) is 0 Å². The number of carbonyl (C=O) groups is 1. The van der Waals surface area contributed by atoms with Gasteiger partial charge in [0.05, 0.1) is 12.7 Å². The van der Waals surface area contributed by atoms with Gasteiger partial charge in [-0.05, 0) is 10.3 Å². The van der Waals surface area contributed by atoms with Crippen molar-refractivity contribution in [2.24, 2.45) is 0 Å². The van der Waals surface area contributed by atoms with Gasteiger partial charge in [0, 0.05) is 13.7 Å². The van der Waals surface area contributed by atoms with Gasteiger partial charge >= 0.3 is 0 Å². The minimum absolute atomic E-state index is 0.0406. The van der Waals surface area contributed by atoms with E-state index in [0.717, 1.165) is 0 Å². The van der Waals surface area contributed by atoms with Gasteiger partial charge in [-0.1, -0.05) is 0 Å². The third-order valence-electron chi connectivity index (χ3n) is 1.59. The molecule has 1 aromatic rings. The van der Waals surface area contributed by atoms with Crippen molar-refractivity contribution in [3.8, 4) is 0 Å². The second-order valence-corrected chi connectivity index (χ2v) is 2.82. The minimum atomic E-state index is -0.778. The summed E-state index contributed by atoms with van der Waals surface area (Å²) in [5, 5.41) is 18.2. The Labute approximate surface area is 85.4 Å². The Morgan fingerprint density at radius 2 is 2.47 bits per heavy atom. The third kappa shape index (κ3) is 3.18. The second-order valence-electron chi connectivity index (χ2n) is 2.82. The number of nitrogen functional groups attached to an aromatic ring is 1. The Balaban J connectivity index is 2.40. The van der Waals surface area contributed by atoms with E-state index in [1.807, 2.05) is 0 Å². The molecule has 0 saturated carbocycles. The standard InChI is InChI=1S/C7H12N4O4/c1-14-3-4(12)2-9-7(13)5-6(8)11-15-10-5/h4,12H,2-3H2,1H3,(H2,8,11)(H,9,13). The van der Waals surface area contributed by atoms with Gasteiger partial charge < -0.3 is 20.9 Å². The van der Waals surface area contributed by atoms with E-state index in [4.69, 9.17) is 5.73 Å². The van der Waals surface area contributed by atoms with Crippen LogP contribution in [-0.2, 0) is 4.74 Å². The first-order chi connectivity index (χ1) is 7.15. The summed E-state index contributed by atoms with van der Waals surface area (Å²) in [5.74, 6) is -0.641. The normalized spacial score (nSPS) is 12.4. The SMILES string of the molecule is COCC(O)CNC(=O)c1nonc1N. The van der Waals surface area contributed by atoms with E-state index in [-0.39, 0.29) is 24.7 Å². The summed E-state index contributed by atoms with van der Waals surface area (Å²) in [4.78, 5) is 11.3. The average molecular weight is 216 g/mol. The molecule has 0 radical (unpaired) electrons. The lowest BCUT2D eigenvalue weighted by Gasteiger charge is -2.09. The number of carbonyl (C=O) groups excluding carboxylic acids is 1. The van der Waals surface area contributed by atoms with Crippen LogP contribution in [0.25, 0.3) is 0 Å². The van der Waals surface area contributed by atoms with E-state index < -0.39 is 12.0 Å². The quantitative estimate of drug-likeness (QED) is 0.540. The lowest BCUT2D eigenvalue weighted by molar-refractivity contribution is 0.0607. The second kappa shape index (κ2) is 5.27. The highest BCUT2D eigenvalue weighted by molar-refractivity contribution is 5.95. The number of hydrogen-bond donors (Lipinski definition) is 3. The molecule has 0 bridgehead atoms. The number of aromatic nitrogens is 2. The van der Waals surface area contributed by atoms with E-state index in [2.05, 4.69) is 25.0 Å². The number of nitrogens with one attached hydrogen (secondary N) is 1. The van der Waals surface area contributed by atoms with Crippen LogP contribution in [0.15, 0.2) is 4.63 Å². The lowest BCUT2D eigenvalue weighted by Crippen LogP contribution is -2.34. The monoisotopic (exact) mass is 216 g/mol. The number of amides is 1. The van der Waals surface area contributed by atoms with Crippen LogP contribution < -0.4 is 11.1 Å².